The van der Waals surface area contributed by atoms with Crippen LogP contribution in [0.25, 0.3) is 11.3 Å². The first-order chi connectivity index (χ1) is 8.50. The molecule has 0 bridgehead atoms. The van der Waals surface area contributed by atoms with Crippen molar-refractivity contribution in [2.45, 2.75) is 6.18 Å². The Labute approximate surface area is 100 Å². The number of methoxy groups -OCH3 is 1. The van der Waals surface area contributed by atoms with Gasteiger partial charge in [-0.3, -0.25) is 0 Å². The minimum absolute atomic E-state index is 0.269. The molecule has 94 valence electrons. The van der Waals surface area contributed by atoms with E-state index in [-0.39, 0.29) is 5.69 Å². The number of rotatable bonds is 2. The highest BCUT2D eigenvalue weighted by atomic mass is 19.4. The lowest BCUT2D eigenvalue weighted by atomic mass is 10.1. The minimum atomic E-state index is -4.58. The van der Waals surface area contributed by atoms with E-state index < -0.39 is 12.0 Å². The van der Waals surface area contributed by atoms with E-state index in [0.717, 1.165) is 6.20 Å². The summed E-state index contributed by atoms with van der Waals surface area (Å²) in [6.45, 7) is 0. The van der Waals surface area contributed by atoms with Crippen LogP contribution in [-0.2, 0) is 6.18 Å². The second-order valence-electron chi connectivity index (χ2n) is 3.39. The molecule has 2 rings (SSSR count). The second kappa shape index (κ2) is 4.59. The standard InChI is InChI=1S/C11H8F3N3O/c1-18-8-4-2-7(3-5-8)9-6-15-10(17-16-9)11(12,13)14/h2-6H,1H3. The van der Waals surface area contributed by atoms with Crippen LogP contribution in [0.5, 0.6) is 5.75 Å². The first-order valence-electron chi connectivity index (χ1n) is 4.92. The van der Waals surface area contributed by atoms with Crippen molar-refractivity contribution in [3.05, 3.63) is 36.3 Å². The third-order valence-corrected chi connectivity index (χ3v) is 2.20. The van der Waals surface area contributed by atoms with Crippen LogP contribution in [0.2, 0.25) is 0 Å². The Morgan fingerprint density at radius 3 is 2.17 bits per heavy atom. The molecular formula is C11H8F3N3O. The van der Waals surface area contributed by atoms with Gasteiger partial charge in [0.25, 0.3) is 5.82 Å². The van der Waals surface area contributed by atoms with Gasteiger partial charge < -0.3 is 4.74 Å². The van der Waals surface area contributed by atoms with E-state index in [1.807, 2.05) is 0 Å². The van der Waals surface area contributed by atoms with Crippen LogP contribution in [0.4, 0.5) is 13.2 Å². The van der Waals surface area contributed by atoms with Gasteiger partial charge >= 0.3 is 6.18 Å². The van der Waals surface area contributed by atoms with Gasteiger partial charge in [-0.05, 0) is 24.3 Å². The minimum Gasteiger partial charge on any atom is -0.497 e. The number of hydrogen-bond acceptors (Lipinski definition) is 4. The van der Waals surface area contributed by atoms with Crippen molar-refractivity contribution in [1.82, 2.24) is 15.2 Å². The smallest absolute Gasteiger partial charge is 0.453 e. The topological polar surface area (TPSA) is 47.9 Å². The molecule has 0 aliphatic heterocycles. The van der Waals surface area contributed by atoms with E-state index in [1.54, 1.807) is 24.3 Å². The van der Waals surface area contributed by atoms with E-state index >= 15 is 0 Å². The molecule has 0 N–H and O–H groups in total. The number of halogens is 3. The Morgan fingerprint density at radius 1 is 1.06 bits per heavy atom. The maximum absolute atomic E-state index is 12.2. The molecular weight excluding hydrogens is 247 g/mol. The summed E-state index contributed by atoms with van der Waals surface area (Å²) in [6.07, 6.45) is -3.54. The Kier molecular flexibility index (Phi) is 3.14. The molecule has 7 heteroatoms. The average Bonchev–Trinajstić information content (AvgIpc) is 2.38. The molecule has 0 saturated carbocycles. The summed E-state index contributed by atoms with van der Waals surface area (Å²) >= 11 is 0. The summed E-state index contributed by atoms with van der Waals surface area (Å²) < 4.78 is 41.7. The van der Waals surface area contributed by atoms with E-state index in [0.29, 0.717) is 11.3 Å². The molecule has 0 amide bonds. The Bertz CT molecular complexity index is 523. The zero-order valence-corrected chi connectivity index (χ0v) is 9.27. The zero-order valence-electron chi connectivity index (χ0n) is 9.27. The fourth-order valence-corrected chi connectivity index (χ4v) is 1.30. The van der Waals surface area contributed by atoms with E-state index in [9.17, 15) is 13.2 Å². The zero-order chi connectivity index (χ0) is 13.2. The molecule has 0 saturated heterocycles. The first-order valence-corrected chi connectivity index (χ1v) is 4.92. The summed E-state index contributed by atoms with van der Waals surface area (Å²) in [4.78, 5) is 3.24. The number of hydrogen-bond donors (Lipinski definition) is 0. The largest absolute Gasteiger partial charge is 0.497 e. The van der Waals surface area contributed by atoms with Gasteiger partial charge in [-0.1, -0.05) is 0 Å². The van der Waals surface area contributed by atoms with Crippen LogP contribution in [-0.4, -0.2) is 22.3 Å². The third-order valence-electron chi connectivity index (χ3n) is 2.20. The molecule has 1 aromatic carbocycles. The van der Waals surface area contributed by atoms with Gasteiger partial charge in [0.1, 0.15) is 11.4 Å². The van der Waals surface area contributed by atoms with Crippen molar-refractivity contribution in [3.63, 3.8) is 0 Å². The number of alkyl halides is 3. The highest BCUT2D eigenvalue weighted by molar-refractivity contribution is 5.58. The maximum atomic E-state index is 12.2. The summed E-state index contributed by atoms with van der Waals surface area (Å²) in [7, 11) is 1.52. The average molecular weight is 255 g/mol. The lowest BCUT2D eigenvalue weighted by Crippen LogP contribution is -2.12. The lowest BCUT2D eigenvalue weighted by molar-refractivity contribution is -0.145. The van der Waals surface area contributed by atoms with Gasteiger partial charge in [0.05, 0.1) is 13.3 Å². The SMILES string of the molecule is COc1ccc(-c2cnc(C(F)(F)F)nn2)cc1. The Hall–Kier alpha value is -2.18. The molecule has 0 spiro atoms. The Morgan fingerprint density at radius 2 is 1.72 bits per heavy atom. The molecule has 2 aromatic rings. The number of nitrogens with zero attached hydrogens (tertiary/aromatic N) is 3. The molecule has 1 aromatic heterocycles. The molecule has 0 fully saturated rings. The van der Waals surface area contributed by atoms with Crippen LogP contribution in [0.15, 0.2) is 30.5 Å². The van der Waals surface area contributed by atoms with Gasteiger partial charge in [0.15, 0.2) is 0 Å². The molecule has 4 nitrogen and oxygen atoms in total. The van der Waals surface area contributed by atoms with Gasteiger partial charge in [-0.15, -0.1) is 10.2 Å². The van der Waals surface area contributed by atoms with Crippen molar-refractivity contribution in [3.8, 4) is 17.0 Å². The summed E-state index contributed by atoms with van der Waals surface area (Å²) in [5.74, 6) is -0.605. The van der Waals surface area contributed by atoms with Crippen LogP contribution in [0.1, 0.15) is 5.82 Å². The van der Waals surface area contributed by atoms with Crippen LogP contribution >= 0.6 is 0 Å². The monoisotopic (exact) mass is 255 g/mol. The molecule has 18 heavy (non-hydrogen) atoms. The van der Waals surface area contributed by atoms with Crippen LogP contribution < -0.4 is 4.74 Å². The van der Waals surface area contributed by atoms with Crippen molar-refractivity contribution in [2.24, 2.45) is 0 Å². The van der Waals surface area contributed by atoms with Crippen LogP contribution in [0, 0.1) is 0 Å². The van der Waals surface area contributed by atoms with Crippen molar-refractivity contribution >= 4 is 0 Å². The highest BCUT2D eigenvalue weighted by Gasteiger charge is 2.35. The molecule has 1 heterocycles. The molecule has 0 atom stereocenters. The quantitative estimate of drug-likeness (QED) is 0.827. The third kappa shape index (κ3) is 2.55. The summed E-state index contributed by atoms with van der Waals surface area (Å²) in [5, 5.41) is 6.55. The van der Waals surface area contributed by atoms with Crippen LogP contribution in [0.3, 0.4) is 0 Å². The van der Waals surface area contributed by atoms with E-state index in [4.69, 9.17) is 4.74 Å². The van der Waals surface area contributed by atoms with Crippen molar-refractivity contribution < 1.29 is 17.9 Å². The van der Waals surface area contributed by atoms with Crippen molar-refractivity contribution in [1.29, 1.82) is 0 Å². The fraction of sp³-hybridized carbons (Fsp3) is 0.182. The number of ether oxygens (including phenoxy) is 1. The summed E-state index contributed by atoms with van der Waals surface area (Å²) in [6, 6.07) is 6.68. The van der Waals surface area contributed by atoms with Gasteiger partial charge in [0.2, 0.25) is 0 Å². The molecule has 0 unspecified atom stereocenters. The molecule has 0 radical (unpaired) electrons. The summed E-state index contributed by atoms with van der Waals surface area (Å²) in [5.41, 5.74) is 0.884. The molecule has 0 aliphatic carbocycles. The predicted molar refractivity (Wildman–Crippen MR) is 56.8 cm³/mol. The predicted octanol–water partition coefficient (Wildman–Crippen LogP) is 2.57. The Balaban J connectivity index is 2.28. The lowest BCUT2D eigenvalue weighted by Gasteiger charge is -2.05. The van der Waals surface area contributed by atoms with E-state index in [2.05, 4.69) is 15.2 Å². The molecule has 0 aliphatic rings. The first kappa shape index (κ1) is 12.3. The van der Waals surface area contributed by atoms with Gasteiger partial charge in [-0.2, -0.15) is 13.2 Å². The van der Waals surface area contributed by atoms with Gasteiger partial charge in [0, 0.05) is 5.56 Å². The second-order valence-corrected chi connectivity index (χ2v) is 3.39. The highest BCUT2D eigenvalue weighted by Crippen LogP contribution is 2.26. The fourth-order valence-electron chi connectivity index (χ4n) is 1.30. The van der Waals surface area contributed by atoms with Gasteiger partial charge in [-0.25, -0.2) is 4.98 Å². The van der Waals surface area contributed by atoms with Crippen molar-refractivity contribution in [2.75, 3.05) is 7.11 Å². The van der Waals surface area contributed by atoms with E-state index in [1.165, 1.54) is 7.11 Å². The normalized spacial score (nSPS) is 11.3. The maximum Gasteiger partial charge on any atom is 0.453 e. The number of benzene rings is 1. The number of aromatic nitrogens is 3.